The first kappa shape index (κ1) is 27.8. The van der Waals surface area contributed by atoms with Crippen LogP contribution < -0.4 is 0 Å². The number of rotatable bonds is 6. The van der Waals surface area contributed by atoms with Crippen molar-refractivity contribution in [2.24, 2.45) is 0 Å². The maximum atomic E-state index is 5.59. The zero-order valence-electron chi connectivity index (χ0n) is 25.9. The smallest absolute Gasteiger partial charge is 0.181 e. The molecule has 0 bridgehead atoms. The second kappa shape index (κ2) is 11.7. The van der Waals surface area contributed by atoms with E-state index in [1.807, 2.05) is 0 Å². The maximum Gasteiger partial charge on any atom is 0.181 e. The number of fused-ring (bicyclic) bond motifs is 2. The van der Waals surface area contributed by atoms with Gasteiger partial charge in [-0.3, -0.25) is 0 Å². The van der Waals surface area contributed by atoms with Crippen LogP contribution in [0.15, 0.2) is 180 Å². The van der Waals surface area contributed by atoms with Crippen molar-refractivity contribution in [3.63, 3.8) is 0 Å². The van der Waals surface area contributed by atoms with Gasteiger partial charge in [-0.05, 0) is 72.1 Å². The van der Waals surface area contributed by atoms with Crippen LogP contribution in [0.4, 0.5) is 0 Å². The van der Waals surface area contributed by atoms with Crippen LogP contribution in [-0.2, 0) is 0 Å². The molecule has 0 radical (unpaired) electrons. The van der Waals surface area contributed by atoms with Gasteiger partial charge in [0.15, 0.2) is 24.3 Å². The Labute approximate surface area is 277 Å². The standard InChI is InChI=1S/C44H28N2O2/c1-2-8-29(9-3-1)35-10-4-5-11-36(35)34-22-23-39-40(24-34)44(33-20-16-31(17-21-33)42-26-46-28-48-42)38-13-7-6-12-37(38)43(39)32-18-14-30(15-19-32)41-25-45-27-47-41/h1-28H. The van der Waals surface area contributed by atoms with Gasteiger partial charge in [0.1, 0.15) is 0 Å². The fourth-order valence-corrected chi connectivity index (χ4v) is 6.89. The third-order valence-corrected chi connectivity index (χ3v) is 9.13. The normalized spacial score (nSPS) is 11.3. The highest BCUT2D eigenvalue weighted by atomic mass is 16.3. The molecule has 9 aromatic rings. The minimum absolute atomic E-state index is 0.750. The molecule has 9 rings (SSSR count). The van der Waals surface area contributed by atoms with Crippen LogP contribution in [0.1, 0.15) is 0 Å². The highest BCUT2D eigenvalue weighted by Gasteiger charge is 2.19. The molecule has 0 aliphatic carbocycles. The summed E-state index contributed by atoms with van der Waals surface area (Å²) in [6.07, 6.45) is 6.43. The van der Waals surface area contributed by atoms with Crippen molar-refractivity contribution < 1.29 is 8.83 Å². The number of aromatic nitrogens is 2. The van der Waals surface area contributed by atoms with Gasteiger partial charge >= 0.3 is 0 Å². The fraction of sp³-hybridized carbons (Fsp3) is 0. The van der Waals surface area contributed by atoms with Gasteiger partial charge in [0.25, 0.3) is 0 Å². The Hall–Kier alpha value is -6.52. The Balaban J connectivity index is 1.31. The first-order valence-electron chi connectivity index (χ1n) is 15.9. The summed E-state index contributed by atoms with van der Waals surface area (Å²) in [6, 6.07) is 52.1. The molecule has 0 N–H and O–H groups in total. The summed E-state index contributed by atoms with van der Waals surface area (Å²) in [4.78, 5) is 8.21. The minimum Gasteiger partial charge on any atom is -0.444 e. The molecule has 226 valence electrons. The van der Waals surface area contributed by atoms with Crippen molar-refractivity contribution in [2.75, 3.05) is 0 Å². The molecule has 4 nitrogen and oxygen atoms in total. The third kappa shape index (κ3) is 4.79. The van der Waals surface area contributed by atoms with Crippen LogP contribution in [0.3, 0.4) is 0 Å². The first-order chi connectivity index (χ1) is 23.8. The van der Waals surface area contributed by atoms with E-state index in [2.05, 4.69) is 156 Å². The van der Waals surface area contributed by atoms with E-state index < -0.39 is 0 Å². The summed E-state index contributed by atoms with van der Waals surface area (Å²) in [7, 11) is 0. The fourth-order valence-electron chi connectivity index (χ4n) is 6.89. The number of hydrogen-bond acceptors (Lipinski definition) is 4. The van der Waals surface area contributed by atoms with E-state index in [0.29, 0.717) is 0 Å². The molecule has 0 spiro atoms. The van der Waals surface area contributed by atoms with Crippen LogP contribution >= 0.6 is 0 Å². The lowest BCUT2D eigenvalue weighted by molar-refractivity contribution is 0.571. The summed E-state index contributed by atoms with van der Waals surface area (Å²) in [5, 5.41) is 4.77. The molecule has 48 heavy (non-hydrogen) atoms. The van der Waals surface area contributed by atoms with E-state index in [0.717, 1.165) is 33.8 Å². The molecule has 0 aliphatic rings. The minimum atomic E-state index is 0.750. The lowest BCUT2D eigenvalue weighted by Gasteiger charge is -2.19. The number of hydrogen-bond donors (Lipinski definition) is 0. The molecule has 0 fully saturated rings. The topological polar surface area (TPSA) is 52.1 Å². The van der Waals surface area contributed by atoms with Crippen molar-refractivity contribution in [3.8, 4) is 67.2 Å². The molecule has 2 aromatic heterocycles. The number of nitrogens with zero attached hydrogens (tertiary/aromatic N) is 2. The summed E-state index contributed by atoms with van der Waals surface area (Å²) in [6.45, 7) is 0. The van der Waals surface area contributed by atoms with Gasteiger partial charge in [-0.15, -0.1) is 0 Å². The van der Waals surface area contributed by atoms with Gasteiger partial charge in [-0.25, -0.2) is 9.97 Å². The van der Waals surface area contributed by atoms with Crippen molar-refractivity contribution in [3.05, 3.63) is 171 Å². The zero-order valence-corrected chi connectivity index (χ0v) is 25.9. The molecule has 0 amide bonds. The van der Waals surface area contributed by atoms with E-state index in [9.17, 15) is 0 Å². The summed E-state index contributed by atoms with van der Waals surface area (Å²) in [5.41, 5.74) is 11.4. The largest absolute Gasteiger partial charge is 0.444 e. The lowest BCUT2D eigenvalue weighted by Crippen LogP contribution is -1.92. The molecule has 0 unspecified atom stereocenters. The van der Waals surface area contributed by atoms with Crippen molar-refractivity contribution in [1.29, 1.82) is 0 Å². The Morgan fingerprint density at radius 3 is 1.31 bits per heavy atom. The lowest BCUT2D eigenvalue weighted by atomic mass is 9.84. The third-order valence-electron chi connectivity index (χ3n) is 9.13. The average Bonchev–Trinajstić information content (AvgIpc) is 3.91. The van der Waals surface area contributed by atoms with E-state index in [1.165, 1.54) is 67.7 Å². The molecule has 2 heterocycles. The Kier molecular flexibility index (Phi) is 6.76. The van der Waals surface area contributed by atoms with E-state index in [1.54, 1.807) is 12.4 Å². The van der Waals surface area contributed by atoms with Gasteiger partial charge in [0.2, 0.25) is 0 Å². The number of oxazole rings is 2. The molecular weight excluding hydrogens is 588 g/mol. The average molecular weight is 617 g/mol. The molecule has 0 atom stereocenters. The van der Waals surface area contributed by atoms with Crippen molar-refractivity contribution in [2.45, 2.75) is 0 Å². The van der Waals surface area contributed by atoms with E-state index >= 15 is 0 Å². The molecule has 0 aliphatic heterocycles. The molecule has 0 saturated heterocycles. The van der Waals surface area contributed by atoms with Gasteiger partial charge in [-0.1, -0.05) is 140 Å². The van der Waals surface area contributed by atoms with Crippen LogP contribution in [0.2, 0.25) is 0 Å². The Morgan fingerprint density at radius 2 is 0.771 bits per heavy atom. The first-order valence-corrected chi connectivity index (χ1v) is 15.9. The molecule has 4 heteroatoms. The summed E-state index contributed by atoms with van der Waals surface area (Å²) < 4.78 is 11.2. The van der Waals surface area contributed by atoms with Gasteiger partial charge in [0, 0.05) is 11.1 Å². The predicted octanol–water partition coefficient (Wildman–Crippen LogP) is 12.0. The van der Waals surface area contributed by atoms with Crippen molar-refractivity contribution >= 4 is 21.5 Å². The van der Waals surface area contributed by atoms with E-state index in [4.69, 9.17) is 8.83 Å². The Morgan fingerprint density at radius 1 is 0.333 bits per heavy atom. The highest BCUT2D eigenvalue weighted by molar-refractivity contribution is 6.22. The highest BCUT2D eigenvalue weighted by Crippen LogP contribution is 2.46. The summed E-state index contributed by atoms with van der Waals surface area (Å²) >= 11 is 0. The Bertz CT molecular complexity index is 2520. The van der Waals surface area contributed by atoms with Crippen LogP contribution in [-0.4, -0.2) is 9.97 Å². The monoisotopic (exact) mass is 616 g/mol. The molecular formula is C44H28N2O2. The van der Waals surface area contributed by atoms with Crippen molar-refractivity contribution in [1.82, 2.24) is 9.97 Å². The maximum absolute atomic E-state index is 5.59. The van der Waals surface area contributed by atoms with Gasteiger partial charge < -0.3 is 8.83 Å². The van der Waals surface area contributed by atoms with Crippen LogP contribution in [0.25, 0.3) is 88.7 Å². The predicted molar refractivity (Wildman–Crippen MR) is 194 cm³/mol. The molecule has 7 aromatic carbocycles. The van der Waals surface area contributed by atoms with Gasteiger partial charge in [0.05, 0.1) is 12.4 Å². The van der Waals surface area contributed by atoms with Gasteiger partial charge in [-0.2, -0.15) is 0 Å². The molecule has 0 saturated carbocycles. The SMILES string of the molecule is c1ccc(-c2ccccc2-c2ccc3c(-c4ccc(-c5cnco5)cc4)c4ccccc4c(-c4ccc(-c5cnco5)cc4)c3c2)cc1. The zero-order chi connectivity index (χ0) is 31.9. The van der Waals surface area contributed by atoms with Crippen LogP contribution in [0, 0.1) is 0 Å². The van der Waals surface area contributed by atoms with Crippen LogP contribution in [0.5, 0.6) is 0 Å². The second-order valence-corrected chi connectivity index (χ2v) is 11.9. The van der Waals surface area contributed by atoms with E-state index in [-0.39, 0.29) is 0 Å². The summed E-state index contributed by atoms with van der Waals surface area (Å²) in [5.74, 6) is 1.50. The number of benzene rings is 7. The quantitative estimate of drug-likeness (QED) is 0.174. The second-order valence-electron chi connectivity index (χ2n) is 11.9.